The first-order chi connectivity index (χ1) is 27.3. The van der Waals surface area contributed by atoms with Crippen molar-refractivity contribution >= 4 is 63.7 Å². The largest absolute Gasteiger partial charge is 0.489 e. The Labute approximate surface area is 329 Å². The van der Waals surface area contributed by atoms with Gasteiger partial charge in [-0.1, -0.05) is 6.07 Å². The van der Waals surface area contributed by atoms with Gasteiger partial charge in [0, 0.05) is 62.3 Å². The molecule has 1 unspecified atom stereocenters. The van der Waals surface area contributed by atoms with Crippen LogP contribution in [-0.2, 0) is 25.4 Å². The van der Waals surface area contributed by atoms with E-state index in [-0.39, 0.29) is 59.5 Å². The molecule has 1 aliphatic carbocycles. The number of amides is 4. The number of hydrogen-bond acceptors (Lipinski definition) is 11. The zero-order valence-electron chi connectivity index (χ0n) is 30.4. The van der Waals surface area contributed by atoms with E-state index in [0.29, 0.717) is 75.8 Å². The number of piperazine rings is 1. The Morgan fingerprint density at radius 1 is 1.04 bits per heavy atom. The summed E-state index contributed by atoms with van der Waals surface area (Å²) in [6, 6.07) is 12.7. The molecule has 4 aliphatic rings. The van der Waals surface area contributed by atoms with E-state index in [2.05, 4.69) is 25.8 Å². The van der Waals surface area contributed by atoms with Gasteiger partial charge in [0.15, 0.2) is 22.4 Å². The molecular weight excluding hydrogens is 771 g/mol. The number of piperidine rings is 1. The molecule has 3 aliphatic heterocycles. The highest BCUT2D eigenvalue weighted by Gasteiger charge is 2.60. The number of thiocarbonyl (C=S) groups is 1. The van der Waals surface area contributed by atoms with Crippen molar-refractivity contribution in [2.45, 2.75) is 49.9 Å². The first-order valence-electron chi connectivity index (χ1n) is 18.3. The summed E-state index contributed by atoms with van der Waals surface area (Å²) in [4.78, 5) is 60.3. The summed E-state index contributed by atoms with van der Waals surface area (Å²) >= 11 is 5.62. The molecule has 4 heterocycles. The average molecular weight is 808 g/mol. The number of nitrogens with one attached hydrogen (secondary N) is 3. The Kier molecular flexibility index (Phi) is 11.1. The molecule has 1 atom stereocenters. The molecule has 7 rings (SSSR count). The predicted molar refractivity (Wildman–Crippen MR) is 203 cm³/mol. The number of halogens is 4. The fourth-order valence-corrected chi connectivity index (χ4v) is 7.88. The van der Waals surface area contributed by atoms with Gasteiger partial charge >= 0.3 is 6.18 Å². The van der Waals surface area contributed by atoms with E-state index in [0.717, 1.165) is 11.1 Å². The van der Waals surface area contributed by atoms with Crippen molar-refractivity contribution < 1.29 is 41.5 Å². The third kappa shape index (κ3) is 8.24. The lowest BCUT2D eigenvalue weighted by Crippen LogP contribution is -2.55. The monoisotopic (exact) mass is 807 g/mol. The normalized spacial score (nSPS) is 19.9. The molecule has 4 fully saturated rings. The molecule has 1 spiro atoms. The van der Waals surface area contributed by atoms with Gasteiger partial charge in [-0.25, -0.2) is 9.37 Å². The van der Waals surface area contributed by atoms with E-state index in [4.69, 9.17) is 22.2 Å². The molecule has 0 bridgehead atoms. The fourth-order valence-electron chi connectivity index (χ4n) is 7.41. The Balaban J connectivity index is 0.894. The molecule has 3 saturated heterocycles. The van der Waals surface area contributed by atoms with E-state index >= 15 is 4.39 Å². The number of benzene rings is 2. The molecule has 1 aromatic heterocycles. The van der Waals surface area contributed by atoms with Gasteiger partial charge in [0.2, 0.25) is 17.7 Å². The summed E-state index contributed by atoms with van der Waals surface area (Å²) in [5.41, 5.74) is -2.10. The van der Waals surface area contributed by atoms with Crippen LogP contribution in [0.2, 0.25) is 0 Å². The summed E-state index contributed by atoms with van der Waals surface area (Å²) in [6.07, 6.45) is -1.89. The van der Waals surface area contributed by atoms with Gasteiger partial charge in [0.25, 0.3) is 5.91 Å². The van der Waals surface area contributed by atoms with Crippen LogP contribution in [0.25, 0.3) is 0 Å². The standard InChI is InChI=1S/C38H37F4N9O5S/c39-28-19-25(51-36(57)50(35(55)37(51)9-2-10-37)26-18-27(38(40,41)42)30(20-43)44-21-26)5-7-31(28)56-16-15-48-11-13-49(14-12-48)22-33(53)46-24-4-1-3-23(17-24)45-29-6-8-32(52)47-34(29)54/h1,3-5,7,17-19,21,29,45H,2,6,8-16,22H2,(H,46,53)(H,47,52,54). The minimum atomic E-state index is -4.89. The van der Waals surface area contributed by atoms with Gasteiger partial charge in [-0.2, -0.15) is 18.4 Å². The van der Waals surface area contributed by atoms with Gasteiger partial charge < -0.3 is 20.3 Å². The molecule has 1 saturated carbocycles. The van der Waals surface area contributed by atoms with Crippen molar-refractivity contribution in [3.63, 3.8) is 0 Å². The maximum Gasteiger partial charge on any atom is 0.419 e. The van der Waals surface area contributed by atoms with E-state index in [1.165, 1.54) is 23.1 Å². The number of anilines is 4. The molecule has 3 aromatic rings. The van der Waals surface area contributed by atoms with E-state index in [1.807, 2.05) is 4.90 Å². The second-order valence-electron chi connectivity index (χ2n) is 14.2. The maximum atomic E-state index is 15.5. The molecule has 4 amide bonds. The van der Waals surface area contributed by atoms with E-state index in [9.17, 15) is 32.3 Å². The van der Waals surface area contributed by atoms with Crippen molar-refractivity contribution in [1.29, 1.82) is 5.26 Å². The number of hydrogen-bond donors (Lipinski definition) is 3. The quantitative estimate of drug-likeness (QED) is 0.145. The Bertz CT molecular complexity index is 2150. The number of imide groups is 1. The maximum absolute atomic E-state index is 15.5. The second kappa shape index (κ2) is 16.0. The summed E-state index contributed by atoms with van der Waals surface area (Å²) in [5, 5.41) is 17.3. The summed E-state index contributed by atoms with van der Waals surface area (Å²) in [7, 11) is 0. The zero-order valence-corrected chi connectivity index (χ0v) is 31.2. The second-order valence-corrected chi connectivity index (χ2v) is 14.6. The highest BCUT2D eigenvalue weighted by Crippen LogP contribution is 2.48. The number of pyridine rings is 1. The summed E-state index contributed by atoms with van der Waals surface area (Å²) < 4.78 is 62.4. The number of nitrogens with zero attached hydrogens (tertiary/aromatic N) is 6. The minimum absolute atomic E-state index is 0.0208. The Hall–Kier alpha value is -5.71. The van der Waals surface area contributed by atoms with Crippen molar-refractivity contribution in [1.82, 2.24) is 20.1 Å². The lowest BCUT2D eigenvalue weighted by molar-refractivity contribution is -0.138. The molecule has 0 radical (unpaired) electrons. The van der Waals surface area contributed by atoms with Crippen LogP contribution in [0.3, 0.4) is 0 Å². The Morgan fingerprint density at radius 2 is 1.77 bits per heavy atom. The third-order valence-corrected chi connectivity index (χ3v) is 10.9. The first-order valence-corrected chi connectivity index (χ1v) is 18.7. The van der Waals surface area contributed by atoms with Crippen LogP contribution in [0.15, 0.2) is 54.7 Å². The lowest BCUT2D eigenvalue weighted by atomic mass is 9.75. The molecule has 298 valence electrons. The molecule has 2 aromatic carbocycles. The predicted octanol–water partition coefficient (Wildman–Crippen LogP) is 4.02. The highest BCUT2D eigenvalue weighted by molar-refractivity contribution is 7.81. The van der Waals surface area contributed by atoms with Crippen LogP contribution in [0.5, 0.6) is 5.75 Å². The number of carbonyl (C=O) groups is 4. The van der Waals surface area contributed by atoms with Crippen molar-refractivity contribution in [2.75, 3.05) is 66.3 Å². The van der Waals surface area contributed by atoms with Crippen molar-refractivity contribution in [3.05, 3.63) is 71.8 Å². The summed E-state index contributed by atoms with van der Waals surface area (Å²) in [6.45, 7) is 3.40. The highest BCUT2D eigenvalue weighted by atomic mass is 32.1. The average Bonchev–Trinajstić information content (AvgIpc) is 3.40. The van der Waals surface area contributed by atoms with Crippen molar-refractivity contribution in [2.24, 2.45) is 0 Å². The van der Waals surface area contributed by atoms with Gasteiger partial charge in [-0.15, -0.1) is 0 Å². The topological polar surface area (TPSA) is 163 Å². The number of carbonyl (C=O) groups excluding carboxylic acids is 4. The first kappa shape index (κ1) is 39.5. The lowest BCUT2D eigenvalue weighted by Gasteiger charge is -2.43. The molecule has 19 heteroatoms. The number of aromatic nitrogens is 1. The van der Waals surface area contributed by atoms with Gasteiger partial charge in [-0.3, -0.25) is 39.2 Å². The number of rotatable bonds is 11. The van der Waals surface area contributed by atoms with Crippen LogP contribution in [0.4, 0.5) is 40.3 Å². The Morgan fingerprint density at radius 3 is 2.44 bits per heavy atom. The van der Waals surface area contributed by atoms with Crippen molar-refractivity contribution in [3.8, 4) is 11.8 Å². The van der Waals surface area contributed by atoms with Crippen LogP contribution >= 0.6 is 12.2 Å². The number of alkyl halides is 3. The molecule has 3 N–H and O–H groups in total. The number of nitriles is 1. The van der Waals surface area contributed by atoms with E-state index in [1.54, 1.807) is 30.3 Å². The zero-order chi connectivity index (χ0) is 40.5. The smallest absolute Gasteiger partial charge is 0.419 e. The van der Waals surface area contributed by atoms with E-state index < -0.39 is 40.7 Å². The number of ether oxygens (including phenoxy) is 1. The third-order valence-electron chi connectivity index (χ3n) is 10.5. The molecule has 57 heavy (non-hydrogen) atoms. The molecule has 14 nitrogen and oxygen atoms in total. The van der Waals surface area contributed by atoms with Gasteiger partial charge in [0.1, 0.15) is 24.3 Å². The summed E-state index contributed by atoms with van der Waals surface area (Å²) in [5.74, 6) is -2.15. The van der Waals surface area contributed by atoms with Crippen LogP contribution in [0, 0.1) is 17.1 Å². The van der Waals surface area contributed by atoms with Gasteiger partial charge in [0.05, 0.1) is 24.0 Å². The van der Waals surface area contributed by atoms with Crippen LogP contribution in [-0.4, -0.2) is 101 Å². The van der Waals surface area contributed by atoms with Gasteiger partial charge in [-0.05, 0) is 74.3 Å². The SMILES string of the molecule is N#Cc1ncc(N2C(=O)C3(CCC3)N(c3ccc(OCCN4CCN(CC(=O)Nc5cccc(NC6CCC(=O)NC6=O)c5)CC4)c(F)c3)C2=S)cc1C(F)(F)F. The van der Waals surface area contributed by atoms with Crippen LogP contribution < -0.4 is 30.5 Å². The fraction of sp³-hybridized carbons (Fsp3) is 0.395. The van der Waals surface area contributed by atoms with Crippen LogP contribution in [0.1, 0.15) is 43.4 Å². The molecular formula is C38H37F4N9O5S. The minimum Gasteiger partial charge on any atom is -0.489 e.